The first-order chi connectivity index (χ1) is 8.99. The molecule has 0 aromatic rings. The second-order valence-corrected chi connectivity index (χ2v) is 7.81. The minimum Gasteiger partial charge on any atom is -0.393 e. The van der Waals surface area contributed by atoms with Gasteiger partial charge in [0.2, 0.25) is 0 Å². The molecule has 0 aromatic heterocycles. The molecule has 0 heterocycles. The lowest BCUT2D eigenvalue weighted by Gasteiger charge is -2.30. The second-order valence-electron chi connectivity index (χ2n) is 5.99. The average Bonchev–Trinajstić information content (AvgIpc) is 2.82. The molecule has 19 heavy (non-hydrogen) atoms. The molecule has 112 valence electrons. The van der Waals surface area contributed by atoms with Crippen LogP contribution in [0.4, 0.5) is 0 Å². The van der Waals surface area contributed by atoms with Gasteiger partial charge >= 0.3 is 0 Å². The van der Waals surface area contributed by atoms with Gasteiger partial charge in [-0.05, 0) is 38.0 Å². The van der Waals surface area contributed by atoms with E-state index >= 15 is 0 Å². The predicted molar refractivity (Wildman–Crippen MR) is 74.9 cm³/mol. The summed E-state index contributed by atoms with van der Waals surface area (Å²) in [6, 6.07) is 0.153. The molecule has 2 atom stereocenters. The maximum atomic E-state index is 12.2. The number of aliphatic hydroxyl groups excluding tert-OH is 1. The fourth-order valence-corrected chi connectivity index (χ4v) is 4.45. The van der Waals surface area contributed by atoms with Crippen LogP contribution in [0.1, 0.15) is 51.4 Å². The van der Waals surface area contributed by atoms with E-state index in [1.807, 2.05) is 0 Å². The van der Waals surface area contributed by atoms with Crippen molar-refractivity contribution in [2.24, 2.45) is 5.92 Å². The molecule has 0 amide bonds. The van der Waals surface area contributed by atoms with E-state index in [0.29, 0.717) is 6.54 Å². The van der Waals surface area contributed by atoms with Crippen molar-refractivity contribution in [3.8, 4) is 0 Å². The molecule has 2 fully saturated rings. The Morgan fingerprint density at radius 3 is 2.42 bits per heavy atom. The zero-order valence-corrected chi connectivity index (χ0v) is 12.5. The molecule has 2 aliphatic rings. The number of rotatable bonds is 5. The van der Waals surface area contributed by atoms with Crippen LogP contribution in [-0.2, 0) is 10.2 Å². The highest BCUT2D eigenvalue weighted by Gasteiger charge is 2.29. The largest absolute Gasteiger partial charge is 0.393 e. The lowest BCUT2D eigenvalue weighted by molar-refractivity contribution is 0.177. The quantitative estimate of drug-likeness (QED) is 0.800. The molecule has 0 aromatic carbocycles. The van der Waals surface area contributed by atoms with Crippen molar-refractivity contribution in [2.45, 2.75) is 63.5 Å². The molecular formula is C13H26N2O3S. The Bertz CT molecular complexity index is 379. The highest BCUT2D eigenvalue weighted by Crippen LogP contribution is 2.26. The van der Waals surface area contributed by atoms with E-state index in [0.717, 1.165) is 44.9 Å². The van der Waals surface area contributed by atoms with Crippen LogP contribution < -0.4 is 4.72 Å². The van der Waals surface area contributed by atoms with Crippen LogP contribution in [-0.4, -0.2) is 43.6 Å². The third kappa shape index (κ3) is 4.15. The molecule has 2 unspecified atom stereocenters. The molecule has 2 aliphatic carbocycles. The van der Waals surface area contributed by atoms with E-state index in [2.05, 4.69) is 4.72 Å². The first-order valence-corrected chi connectivity index (χ1v) is 8.83. The highest BCUT2D eigenvalue weighted by molar-refractivity contribution is 7.87. The second kappa shape index (κ2) is 6.52. The Morgan fingerprint density at radius 2 is 1.84 bits per heavy atom. The Labute approximate surface area is 116 Å². The summed E-state index contributed by atoms with van der Waals surface area (Å²) in [5.41, 5.74) is 0. The molecular weight excluding hydrogens is 264 g/mol. The summed E-state index contributed by atoms with van der Waals surface area (Å²) in [5.74, 6) is 0.282. The van der Waals surface area contributed by atoms with Crippen LogP contribution in [0.5, 0.6) is 0 Å². The van der Waals surface area contributed by atoms with E-state index < -0.39 is 10.2 Å². The summed E-state index contributed by atoms with van der Waals surface area (Å²) >= 11 is 0. The summed E-state index contributed by atoms with van der Waals surface area (Å²) in [5, 5.41) is 9.45. The summed E-state index contributed by atoms with van der Waals surface area (Å²) in [6.07, 6.45) is 7.60. The van der Waals surface area contributed by atoms with Gasteiger partial charge in [0.05, 0.1) is 6.10 Å². The third-order valence-corrected chi connectivity index (χ3v) is 6.12. The minimum absolute atomic E-state index is 0.153. The summed E-state index contributed by atoms with van der Waals surface area (Å²) < 4.78 is 28.7. The van der Waals surface area contributed by atoms with Gasteiger partial charge in [-0.25, -0.2) is 4.72 Å². The molecule has 0 aliphatic heterocycles. The Morgan fingerprint density at radius 1 is 1.16 bits per heavy atom. The lowest BCUT2D eigenvalue weighted by atomic mass is 9.96. The van der Waals surface area contributed by atoms with Gasteiger partial charge in [-0.15, -0.1) is 0 Å². The van der Waals surface area contributed by atoms with Crippen LogP contribution in [0, 0.1) is 5.92 Å². The van der Waals surface area contributed by atoms with Gasteiger partial charge in [0.15, 0.2) is 0 Å². The van der Waals surface area contributed by atoms with E-state index in [4.69, 9.17) is 0 Å². The maximum Gasteiger partial charge on any atom is 0.279 e. The molecule has 2 N–H and O–H groups in total. The molecule has 0 spiro atoms. The van der Waals surface area contributed by atoms with Gasteiger partial charge in [0, 0.05) is 19.6 Å². The van der Waals surface area contributed by atoms with Crippen molar-refractivity contribution in [1.82, 2.24) is 9.03 Å². The minimum atomic E-state index is -3.36. The van der Waals surface area contributed by atoms with Crippen molar-refractivity contribution in [3.05, 3.63) is 0 Å². The van der Waals surface area contributed by atoms with E-state index in [-0.39, 0.29) is 18.1 Å². The monoisotopic (exact) mass is 290 g/mol. The van der Waals surface area contributed by atoms with Crippen molar-refractivity contribution in [3.63, 3.8) is 0 Å². The Balaban J connectivity index is 1.83. The van der Waals surface area contributed by atoms with E-state index in [1.54, 1.807) is 7.05 Å². The number of hydrogen-bond donors (Lipinski definition) is 2. The predicted octanol–water partition coefficient (Wildman–Crippen LogP) is 1.25. The zero-order chi connectivity index (χ0) is 13.9. The van der Waals surface area contributed by atoms with Gasteiger partial charge in [0.1, 0.15) is 0 Å². The van der Waals surface area contributed by atoms with Gasteiger partial charge in [-0.3, -0.25) is 0 Å². The molecule has 0 radical (unpaired) electrons. The van der Waals surface area contributed by atoms with Gasteiger partial charge in [0.25, 0.3) is 10.2 Å². The Hall–Kier alpha value is -0.170. The van der Waals surface area contributed by atoms with Crippen LogP contribution in [0.25, 0.3) is 0 Å². The molecule has 2 rings (SSSR count). The topological polar surface area (TPSA) is 69.6 Å². The van der Waals surface area contributed by atoms with E-state index in [1.165, 1.54) is 10.7 Å². The highest BCUT2D eigenvalue weighted by atomic mass is 32.2. The molecule has 5 nitrogen and oxygen atoms in total. The number of hydrogen-bond acceptors (Lipinski definition) is 3. The molecule has 0 bridgehead atoms. The zero-order valence-electron chi connectivity index (χ0n) is 11.7. The van der Waals surface area contributed by atoms with Crippen molar-refractivity contribution in [1.29, 1.82) is 0 Å². The van der Waals surface area contributed by atoms with Crippen molar-refractivity contribution >= 4 is 10.2 Å². The fourth-order valence-electron chi connectivity index (χ4n) is 3.20. The van der Waals surface area contributed by atoms with Crippen LogP contribution >= 0.6 is 0 Å². The number of nitrogens with one attached hydrogen (secondary N) is 1. The lowest BCUT2D eigenvalue weighted by Crippen LogP contribution is -2.46. The first-order valence-electron chi connectivity index (χ1n) is 7.39. The first kappa shape index (κ1) is 15.2. The van der Waals surface area contributed by atoms with Crippen molar-refractivity contribution in [2.75, 3.05) is 13.6 Å². The summed E-state index contributed by atoms with van der Waals surface area (Å²) in [4.78, 5) is 0. The van der Waals surface area contributed by atoms with Crippen LogP contribution in [0.3, 0.4) is 0 Å². The number of nitrogens with zero attached hydrogens (tertiary/aromatic N) is 1. The Kier molecular flexibility index (Phi) is 5.22. The van der Waals surface area contributed by atoms with Crippen molar-refractivity contribution < 1.29 is 13.5 Å². The third-order valence-electron chi connectivity index (χ3n) is 4.54. The maximum absolute atomic E-state index is 12.2. The molecule has 6 heteroatoms. The fraction of sp³-hybridized carbons (Fsp3) is 1.00. The van der Waals surface area contributed by atoms with Crippen LogP contribution in [0.2, 0.25) is 0 Å². The summed E-state index contributed by atoms with van der Waals surface area (Å²) in [6.45, 7) is 0.455. The standard InChI is InChI=1S/C13H26N2O3S/c1-15(12-5-3-2-4-6-12)19(17,18)14-10-11-7-8-13(16)9-11/h11-14,16H,2-10H2,1H3. The molecule has 0 saturated heterocycles. The SMILES string of the molecule is CN(C1CCCCC1)S(=O)(=O)NCC1CCC(O)C1. The summed E-state index contributed by atoms with van der Waals surface area (Å²) in [7, 11) is -1.68. The van der Waals surface area contributed by atoms with Gasteiger partial charge < -0.3 is 5.11 Å². The van der Waals surface area contributed by atoms with Gasteiger partial charge in [-0.2, -0.15) is 12.7 Å². The number of aliphatic hydroxyl groups is 1. The average molecular weight is 290 g/mol. The smallest absolute Gasteiger partial charge is 0.279 e. The van der Waals surface area contributed by atoms with E-state index in [9.17, 15) is 13.5 Å². The van der Waals surface area contributed by atoms with Gasteiger partial charge in [-0.1, -0.05) is 19.3 Å². The normalized spacial score (nSPS) is 30.1. The molecule has 2 saturated carbocycles. The van der Waals surface area contributed by atoms with Crippen LogP contribution in [0.15, 0.2) is 0 Å².